The van der Waals surface area contributed by atoms with E-state index in [4.69, 9.17) is 0 Å². The monoisotopic (exact) mass is 276 g/mol. The number of carbonyl (C=O) groups is 1. The zero-order valence-corrected chi connectivity index (χ0v) is 13.3. The normalized spacial score (nSPS) is 10.7. The molecule has 0 aromatic heterocycles. The molecule has 3 nitrogen and oxygen atoms in total. The molecule has 0 aliphatic rings. The molecule has 1 N–H and O–H groups in total. The molecule has 1 amide bonds. The third kappa shape index (κ3) is 4.87. The topological polar surface area (TPSA) is 32.3 Å². The summed E-state index contributed by atoms with van der Waals surface area (Å²) < 4.78 is 0. The van der Waals surface area contributed by atoms with Crippen LogP contribution in [0.3, 0.4) is 0 Å². The van der Waals surface area contributed by atoms with Gasteiger partial charge in [-0.2, -0.15) is 0 Å². The van der Waals surface area contributed by atoms with Crippen LogP contribution in [0.1, 0.15) is 52.0 Å². The van der Waals surface area contributed by atoms with Crippen molar-refractivity contribution in [1.82, 2.24) is 4.90 Å². The third-order valence-electron chi connectivity index (χ3n) is 3.35. The number of para-hydroxylation sites is 1. The molecular weight excluding hydrogens is 248 g/mol. The highest BCUT2D eigenvalue weighted by atomic mass is 16.2. The molecule has 0 aliphatic heterocycles. The van der Waals surface area contributed by atoms with Gasteiger partial charge in [0.05, 0.1) is 6.54 Å². The van der Waals surface area contributed by atoms with E-state index in [9.17, 15) is 4.79 Å². The fraction of sp³-hybridized carbons (Fsp3) is 0.588. The van der Waals surface area contributed by atoms with Crippen molar-refractivity contribution in [2.24, 2.45) is 0 Å². The first kappa shape index (κ1) is 16.5. The van der Waals surface area contributed by atoms with Crippen molar-refractivity contribution in [3.63, 3.8) is 0 Å². The van der Waals surface area contributed by atoms with E-state index in [0.29, 0.717) is 12.5 Å². The van der Waals surface area contributed by atoms with Crippen LogP contribution in [0.15, 0.2) is 24.3 Å². The van der Waals surface area contributed by atoms with Crippen LogP contribution in [0, 0.1) is 0 Å². The van der Waals surface area contributed by atoms with E-state index < -0.39 is 0 Å². The lowest BCUT2D eigenvalue weighted by molar-refractivity contribution is -0.129. The second-order valence-electron chi connectivity index (χ2n) is 5.48. The van der Waals surface area contributed by atoms with Crippen LogP contribution in [-0.4, -0.2) is 30.4 Å². The van der Waals surface area contributed by atoms with Gasteiger partial charge in [0, 0.05) is 18.8 Å². The van der Waals surface area contributed by atoms with E-state index >= 15 is 0 Å². The Morgan fingerprint density at radius 3 is 2.30 bits per heavy atom. The maximum Gasteiger partial charge on any atom is 0.241 e. The molecule has 1 aromatic rings. The van der Waals surface area contributed by atoms with Gasteiger partial charge in [0.2, 0.25) is 5.91 Å². The van der Waals surface area contributed by atoms with Crippen molar-refractivity contribution in [1.29, 1.82) is 0 Å². The minimum Gasteiger partial charge on any atom is -0.376 e. The molecule has 20 heavy (non-hydrogen) atoms. The predicted molar refractivity (Wildman–Crippen MR) is 86.2 cm³/mol. The van der Waals surface area contributed by atoms with Crippen LogP contribution in [0.4, 0.5) is 5.69 Å². The number of rotatable bonds is 8. The summed E-state index contributed by atoms with van der Waals surface area (Å²) in [6, 6.07) is 8.22. The number of anilines is 1. The van der Waals surface area contributed by atoms with Crippen LogP contribution < -0.4 is 5.32 Å². The van der Waals surface area contributed by atoms with Gasteiger partial charge in [-0.3, -0.25) is 4.79 Å². The quantitative estimate of drug-likeness (QED) is 0.781. The van der Waals surface area contributed by atoms with Gasteiger partial charge in [0.1, 0.15) is 0 Å². The lowest BCUT2D eigenvalue weighted by Gasteiger charge is -2.22. The van der Waals surface area contributed by atoms with E-state index in [-0.39, 0.29) is 5.91 Å². The van der Waals surface area contributed by atoms with E-state index in [1.807, 2.05) is 23.1 Å². The maximum atomic E-state index is 12.2. The summed E-state index contributed by atoms with van der Waals surface area (Å²) in [6.45, 7) is 10.6. The number of amides is 1. The Kier molecular flexibility index (Phi) is 7.13. The van der Waals surface area contributed by atoms with Gasteiger partial charge < -0.3 is 10.2 Å². The Hall–Kier alpha value is -1.51. The molecule has 112 valence electrons. The summed E-state index contributed by atoms with van der Waals surface area (Å²) >= 11 is 0. The molecule has 0 bridgehead atoms. The zero-order valence-electron chi connectivity index (χ0n) is 13.3. The summed E-state index contributed by atoms with van der Waals surface area (Å²) in [6.07, 6.45) is 2.02. The van der Waals surface area contributed by atoms with Crippen molar-refractivity contribution in [2.45, 2.75) is 46.5 Å². The van der Waals surface area contributed by atoms with Gasteiger partial charge in [0.15, 0.2) is 0 Å². The average molecular weight is 276 g/mol. The number of benzene rings is 1. The smallest absolute Gasteiger partial charge is 0.241 e. The number of hydrogen-bond donors (Lipinski definition) is 1. The lowest BCUT2D eigenvalue weighted by Crippen LogP contribution is -2.36. The highest BCUT2D eigenvalue weighted by molar-refractivity contribution is 5.81. The molecule has 0 saturated heterocycles. The standard InChI is InChI=1S/C17H28N2O/c1-5-11-19(12-6-2)17(20)13-18-16-10-8-7-9-15(16)14(3)4/h7-10,14,18H,5-6,11-13H2,1-4H3. The summed E-state index contributed by atoms with van der Waals surface area (Å²) in [5.74, 6) is 0.642. The molecule has 1 aromatic carbocycles. The number of nitrogens with one attached hydrogen (secondary N) is 1. The van der Waals surface area contributed by atoms with E-state index in [1.54, 1.807) is 0 Å². The van der Waals surface area contributed by atoms with Crippen molar-refractivity contribution in [2.75, 3.05) is 25.0 Å². The minimum atomic E-state index is 0.187. The molecule has 0 spiro atoms. The van der Waals surface area contributed by atoms with Gasteiger partial charge in [-0.15, -0.1) is 0 Å². The van der Waals surface area contributed by atoms with Crippen LogP contribution >= 0.6 is 0 Å². The first-order chi connectivity index (χ1) is 9.60. The van der Waals surface area contributed by atoms with E-state index in [2.05, 4.69) is 39.1 Å². The zero-order chi connectivity index (χ0) is 15.0. The van der Waals surface area contributed by atoms with Crippen molar-refractivity contribution < 1.29 is 4.79 Å². The van der Waals surface area contributed by atoms with Crippen LogP contribution in [0.25, 0.3) is 0 Å². The third-order valence-corrected chi connectivity index (χ3v) is 3.35. The van der Waals surface area contributed by atoms with E-state index in [0.717, 1.165) is 31.6 Å². The molecule has 0 radical (unpaired) electrons. The van der Waals surface area contributed by atoms with Crippen molar-refractivity contribution >= 4 is 11.6 Å². The van der Waals surface area contributed by atoms with Gasteiger partial charge in [-0.05, 0) is 30.4 Å². The number of nitrogens with zero attached hydrogens (tertiary/aromatic N) is 1. The second-order valence-corrected chi connectivity index (χ2v) is 5.48. The molecule has 3 heteroatoms. The number of hydrogen-bond acceptors (Lipinski definition) is 2. The average Bonchev–Trinajstić information content (AvgIpc) is 2.44. The Labute approximate surface area is 123 Å². The molecule has 0 aliphatic carbocycles. The molecule has 0 fully saturated rings. The first-order valence-corrected chi connectivity index (χ1v) is 7.70. The molecule has 0 atom stereocenters. The summed E-state index contributed by atoms with van der Waals surface area (Å²) in [5.41, 5.74) is 2.33. The summed E-state index contributed by atoms with van der Waals surface area (Å²) in [7, 11) is 0. The Bertz CT molecular complexity index is 409. The predicted octanol–water partition coefficient (Wildman–Crippen LogP) is 3.87. The largest absolute Gasteiger partial charge is 0.376 e. The van der Waals surface area contributed by atoms with Gasteiger partial charge >= 0.3 is 0 Å². The van der Waals surface area contributed by atoms with E-state index in [1.165, 1.54) is 5.56 Å². The fourth-order valence-corrected chi connectivity index (χ4v) is 2.35. The van der Waals surface area contributed by atoms with Gasteiger partial charge in [-0.1, -0.05) is 45.9 Å². The van der Waals surface area contributed by atoms with Gasteiger partial charge in [-0.25, -0.2) is 0 Å². The maximum absolute atomic E-state index is 12.2. The molecule has 0 heterocycles. The Morgan fingerprint density at radius 1 is 1.15 bits per heavy atom. The molecule has 0 saturated carbocycles. The SMILES string of the molecule is CCCN(CCC)C(=O)CNc1ccccc1C(C)C. The number of carbonyl (C=O) groups excluding carboxylic acids is 1. The van der Waals surface area contributed by atoms with Crippen molar-refractivity contribution in [3.05, 3.63) is 29.8 Å². The van der Waals surface area contributed by atoms with Crippen molar-refractivity contribution in [3.8, 4) is 0 Å². The highest BCUT2D eigenvalue weighted by Gasteiger charge is 2.12. The highest BCUT2D eigenvalue weighted by Crippen LogP contribution is 2.23. The van der Waals surface area contributed by atoms with Crippen LogP contribution in [0.2, 0.25) is 0 Å². The van der Waals surface area contributed by atoms with Gasteiger partial charge in [0.25, 0.3) is 0 Å². The lowest BCUT2D eigenvalue weighted by atomic mass is 10.0. The Balaban J connectivity index is 2.64. The minimum absolute atomic E-state index is 0.187. The first-order valence-electron chi connectivity index (χ1n) is 7.70. The fourth-order valence-electron chi connectivity index (χ4n) is 2.35. The molecular formula is C17H28N2O. The van der Waals surface area contributed by atoms with Crippen LogP contribution in [-0.2, 0) is 4.79 Å². The summed E-state index contributed by atoms with van der Waals surface area (Å²) in [5, 5.41) is 3.30. The molecule has 0 unspecified atom stereocenters. The van der Waals surface area contributed by atoms with Crippen LogP contribution in [0.5, 0.6) is 0 Å². The summed E-state index contributed by atoms with van der Waals surface area (Å²) in [4.78, 5) is 14.2. The molecule has 1 rings (SSSR count). The second kappa shape index (κ2) is 8.62. The Morgan fingerprint density at radius 2 is 1.75 bits per heavy atom.